The van der Waals surface area contributed by atoms with Gasteiger partial charge in [-0.05, 0) is 52.4 Å². The number of hydrogen-bond acceptors (Lipinski definition) is 4. The summed E-state index contributed by atoms with van der Waals surface area (Å²) in [7, 11) is 2.20. The first-order chi connectivity index (χ1) is 9.42. The summed E-state index contributed by atoms with van der Waals surface area (Å²) in [5, 5.41) is 4.84. The number of rotatable bonds is 6. The van der Waals surface area contributed by atoms with Gasteiger partial charge in [0.2, 0.25) is 0 Å². The molecule has 2 aliphatic rings. The lowest BCUT2D eigenvalue weighted by Crippen LogP contribution is -2.35. The van der Waals surface area contributed by atoms with Gasteiger partial charge in [0.1, 0.15) is 0 Å². The molecule has 0 radical (unpaired) electrons. The molecule has 4 heteroatoms. The molecule has 0 saturated heterocycles. The number of anilines is 1. The van der Waals surface area contributed by atoms with E-state index in [1.165, 1.54) is 47.9 Å². The molecule has 2 aliphatic carbocycles. The molecule has 1 heterocycles. The zero-order chi connectivity index (χ0) is 14.3. The van der Waals surface area contributed by atoms with Gasteiger partial charge in [-0.2, -0.15) is 0 Å². The Morgan fingerprint density at radius 2 is 1.95 bits per heavy atom. The average Bonchev–Trinajstić information content (AvgIpc) is 3.26. The largest absolute Gasteiger partial charge is 0.351 e. The van der Waals surface area contributed by atoms with Gasteiger partial charge in [-0.25, -0.2) is 4.98 Å². The van der Waals surface area contributed by atoms with Crippen LogP contribution in [-0.2, 0) is 6.54 Å². The van der Waals surface area contributed by atoms with Gasteiger partial charge in [0, 0.05) is 36.5 Å². The summed E-state index contributed by atoms with van der Waals surface area (Å²) in [5.41, 5.74) is 1.55. The van der Waals surface area contributed by atoms with Crippen LogP contribution in [-0.4, -0.2) is 24.1 Å². The molecular weight excluding hydrogens is 266 g/mol. The topological polar surface area (TPSA) is 28.2 Å². The van der Waals surface area contributed by atoms with Gasteiger partial charge in [-0.1, -0.05) is 0 Å². The van der Waals surface area contributed by atoms with Gasteiger partial charge in [0.05, 0.1) is 5.69 Å². The van der Waals surface area contributed by atoms with Gasteiger partial charge in [-0.3, -0.25) is 0 Å². The highest BCUT2D eigenvalue weighted by atomic mass is 32.1. The number of aromatic nitrogens is 1. The first-order valence-electron chi connectivity index (χ1n) is 7.88. The van der Waals surface area contributed by atoms with E-state index in [0.29, 0.717) is 0 Å². The van der Waals surface area contributed by atoms with E-state index >= 15 is 0 Å². The highest BCUT2D eigenvalue weighted by molar-refractivity contribution is 7.15. The minimum Gasteiger partial charge on any atom is -0.351 e. The van der Waals surface area contributed by atoms with E-state index in [9.17, 15) is 0 Å². The average molecular weight is 293 g/mol. The predicted octanol–water partition coefficient (Wildman–Crippen LogP) is 3.75. The molecular formula is C16H27N3S. The van der Waals surface area contributed by atoms with Gasteiger partial charge in [-0.15, -0.1) is 11.3 Å². The maximum absolute atomic E-state index is 4.96. The van der Waals surface area contributed by atoms with Crippen molar-refractivity contribution < 1.29 is 0 Å². The van der Waals surface area contributed by atoms with Crippen LogP contribution in [0.15, 0.2) is 0 Å². The van der Waals surface area contributed by atoms with Crippen LogP contribution in [0.2, 0.25) is 0 Å². The monoisotopic (exact) mass is 293 g/mol. The standard InChI is InChI=1S/C16H27N3S/c1-16(2,3)17-9-13-14(12-7-8-12)18-15(20-13)19(4)10-11-5-6-11/h11-12,17H,5-10H2,1-4H3. The summed E-state index contributed by atoms with van der Waals surface area (Å²) >= 11 is 1.90. The highest BCUT2D eigenvalue weighted by Crippen LogP contribution is 2.44. The van der Waals surface area contributed by atoms with Crippen LogP contribution >= 0.6 is 11.3 Å². The Kier molecular flexibility index (Phi) is 3.80. The number of nitrogens with zero attached hydrogens (tertiary/aromatic N) is 2. The lowest BCUT2D eigenvalue weighted by atomic mass is 10.1. The molecule has 1 aromatic heterocycles. The molecule has 112 valence electrons. The van der Waals surface area contributed by atoms with Crippen LogP contribution in [0.5, 0.6) is 0 Å². The normalized spacial score (nSPS) is 19.4. The van der Waals surface area contributed by atoms with Crippen molar-refractivity contribution in [2.75, 3.05) is 18.5 Å². The quantitative estimate of drug-likeness (QED) is 0.865. The minimum absolute atomic E-state index is 0.172. The summed E-state index contributed by atoms with van der Waals surface area (Å²) in [6.45, 7) is 8.83. The van der Waals surface area contributed by atoms with E-state index < -0.39 is 0 Å². The fourth-order valence-electron chi connectivity index (χ4n) is 2.43. The first kappa shape index (κ1) is 14.3. The van der Waals surface area contributed by atoms with E-state index in [2.05, 4.69) is 38.0 Å². The third kappa shape index (κ3) is 3.73. The van der Waals surface area contributed by atoms with Crippen molar-refractivity contribution in [3.05, 3.63) is 10.6 Å². The van der Waals surface area contributed by atoms with Gasteiger partial charge in [0.15, 0.2) is 5.13 Å². The molecule has 1 aromatic rings. The van der Waals surface area contributed by atoms with Crippen LogP contribution in [0.1, 0.15) is 62.9 Å². The molecule has 0 bridgehead atoms. The van der Waals surface area contributed by atoms with Crippen LogP contribution in [0, 0.1) is 5.92 Å². The zero-order valence-corrected chi connectivity index (χ0v) is 14.0. The summed E-state index contributed by atoms with van der Waals surface area (Å²) in [5.74, 6) is 1.66. The maximum atomic E-state index is 4.96. The first-order valence-corrected chi connectivity index (χ1v) is 8.70. The SMILES string of the molecule is CN(CC1CC1)c1nc(C2CC2)c(CNC(C)(C)C)s1. The summed E-state index contributed by atoms with van der Waals surface area (Å²) in [4.78, 5) is 8.79. The summed E-state index contributed by atoms with van der Waals surface area (Å²) in [6, 6.07) is 0. The Balaban J connectivity index is 1.71. The third-order valence-electron chi connectivity index (χ3n) is 4.02. The van der Waals surface area contributed by atoms with Crippen molar-refractivity contribution in [1.29, 1.82) is 0 Å². The molecule has 0 aromatic carbocycles. The molecule has 0 atom stereocenters. The van der Waals surface area contributed by atoms with Gasteiger partial charge >= 0.3 is 0 Å². The number of thiazole rings is 1. The Morgan fingerprint density at radius 3 is 2.50 bits per heavy atom. The minimum atomic E-state index is 0.172. The summed E-state index contributed by atoms with van der Waals surface area (Å²) < 4.78 is 0. The Hall–Kier alpha value is -0.610. The second-order valence-electron chi connectivity index (χ2n) is 7.51. The lowest BCUT2D eigenvalue weighted by molar-refractivity contribution is 0.425. The Bertz CT molecular complexity index is 467. The van der Waals surface area contributed by atoms with Crippen molar-refractivity contribution in [2.45, 2.75) is 64.5 Å². The van der Waals surface area contributed by atoms with Crippen LogP contribution in [0.3, 0.4) is 0 Å². The molecule has 0 unspecified atom stereocenters. The van der Waals surface area contributed by atoms with Crippen molar-refractivity contribution >= 4 is 16.5 Å². The second-order valence-corrected chi connectivity index (χ2v) is 8.57. The van der Waals surface area contributed by atoms with E-state index in [1.807, 2.05) is 11.3 Å². The molecule has 0 aliphatic heterocycles. The van der Waals surface area contributed by atoms with Gasteiger partial charge in [0.25, 0.3) is 0 Å². The van der Waals surface area contributed by atoms with Crippen LogP contribution < -0.4 is 10.2 Å². The van der Waals surface area contributed by atoms with E-state index in [1.54, 1.807) is 0 Å². The smallest absolute Gasteiger partial charge is 0.185 e. The predicted molar refractivity (Wildman–Crippen MR) is 86.7 cm³/mol. The van der Waals surface area contributed by atoms with E-state index in [0.717, 1.165) is 18.4 Å². The fraction of sp³-hybridized carbons (Fsp3) is 0.812. The van der Waals surface area contributed by atoms with Gasteiger partial charge < -0.3 is 10.2 Å². The van der Waals surface area contributed by atoms with Crippen molar-refractivity contribution in [2.24, 2.45) is 5.92 Å². The second kappa shape index (κ2) is 5.30. The number of hydrogen-bond donors (Lipinski definition) is 1. The van der Waals surface area contributed by atoms with Crippen molar-refractivity contribution in [1.82, 2.24) is 10.3 Å². The lowest BCUT2D eigenvalue weighted by Gasteiger charge is -2.20. The molecule has 0 amide bonds. The maximum Gasteiger partial charge on any atom is 0.185 e. The highest BCUT2D eigenvalue weighted by Gasteiger charge is 2.31. The molecule has 3 rings (SSSR count). The van der Waals surface area contributed by atoms with E-state index in [-0.39, 0.29) is 5.54 Å². The summed E-state index contributed by atoms with van der Waals surface area (Å²) in [6.07, 6.45) is 5.48. The van der Waals surface area contributed by atoms with Crippen molar-refractivity contribution in [3.8, 4) is 0 Å². The van der Waals surface area contributed by atoms with Crippen LogP contribution in [0.25, 0.3) is 0 Å². The zero-order valence-electron chi connectivity index (χ0n) is 13.2. The van der Waals surface area contributed by atoms with Crippen LogP contribution in [0.4, 0.5) is 5.13 Å². The fourth-order valence-corrected chi connectivity index (χ4v) is 3.48. The van der Waals surface area contributed by atoms with Crippen molar-refractivity contribution in [3.63, 3.8) is 0 Å². The molecule has 1 N–H and O–H groups in total. The van der Waals surface area contributed by atoms with E-state index in [4.69, 9.17) is 4.98 Å². The molecule has 2 fully saturated rings. The molecule has 3 nitrogen and oxygen atoms in total. The molecule has 0 spiro atoms. The third-order valence-corrected chi connectivity index (χ3v) is 5.20. The Labute approximate surface area is 126 Å². The molecule has 2 saturated carbocycles. The Morgan fingerprint density at radius 1 is 1.25 bits per heavy atom. The number of nitrogens with one attached hydrogen (secondary N) is 1. The molecule has 20 heavy (non-hydrogen) atoms.